The molecule has 22 heavy (non-hydrogen) atoms. The zero-order valence-corrected chi connectivity index (χ0v) is 13.1. The Hall–Kier alpha value is -2.04. The molecular weight excluding hydrogens is 323 g/mol. The first kappa shape index (κ1) is 16.3. The third-order valence-electron chi connectivity index (χ3n) is 2.80. The second-order valence-corrected chi connectivity index (χ2v) is 5.35. The molecule has 2 aromatic rings. The molecule has 0 amide bonds. The van der Waals surface area contributed by atoms with Crippen LogP contribution < -0.4 is 0 Å². The lowest BCUT2D eigenvalue weighted by Gasteiger charge is -1.99. The fourth-order valence-electron chi connectivity index (χ4n) is 1.69. The summed E-state index contributed by atoms with van der Waals surface area (Å²) < 4.78 is 0. The van der Waals surface area contributed by atoms with E-state index in [1.807, 2.05) is 0 Å². The molecule has 6 heteroatoms. The van der Waals surface area contributed by atoms with Gasteiger partial charge in [0.25, 0.3) is 0 Å². The Bertz CT molecular complexity index is 654. The maximum atomic E-state index is 9.65. The van der Waals surface area contributed by atoms with E-state index >= 15 is 0 Å². The lowest BCUT2D eigenvalue weighted by atomic mass is 10.2. The maximum Gasteiger partial charge on any atom is 0.125 e. The van der Waals surface area contributed by atoms with E-state index in [4.69, 9.17) is 23.2 Å². The molecule has 0 fully saturated rings. The zero-order valence-electron chi connectivity index (χ0n) is 11.6. The normalized spacial score (nSPS) is 11.5. The molecule has 0 atom stereocenters. The van der Waals surface area contributed by atoms with E-state index in [9.17, 15) is 10.2 Å². The number of hydrogen-bond acceptors (Lipinski definition) is 4. The van der Waals surface area contributed by atoms with Crippen LogP contribution in [0, 0.1) is 0 Å². The molecule has 0 aliphatic carbocycles. The molecule has 0 spiro atoms. The van der Waals surface area contributed by atoms with Crippen molar-refractivity contribution in [1.82, 2.24) is 0 Å². The largest absolute Gasteiger partial charge is 0.507 e. The van der Waals surface area contributed by atoms with Crippen LogP contribution in [0.15, 0.2) is 46.4 Å². The highest BCUT2D eigenvalue weighted by Crippen LogP contribution is 2.21. The number of phenols is 2. The number of hydrogen-bond donors (Lipinski definition) is 2. The van der Waals surface area contributed by atoms with Crippen LogP contribution in [0.1, 0.15) is 11.1 Å². The Balaban J connectivity index is 1.86. The van der Waals surface area contributed by atoms with Crippen molar-refractivity contribution in [3.05, 3.63) is 57.6 Å². The lowest BCUT2D eigenvalue weighted by Crippen LogP contribution is -1.91. The van der Waals surface area contributed by atoms with Gasteiger partial charge < -0.3 is 10.2 Å². The fourth-order valence-corrected chi connectivity index (χ4v) is 2.03. The van der Waals surface area contributed by atoms with Crippen molar-refractivity contribution in [3.63, 3.8) is 0 Å². The molecular formula is C16H14Cl2N2O2. The van der Waals surface area contributed by atoms with E-state index in [1.54, 1.807) is 36.7 Å². The summed E-state index contributed by atoms with van der Waals surface area (Å²) in [5, 5.41) is 20.3. The van der Waals surface area contributed by atoms with Crippen LogP contribution in [0.2, 0.25) is 10.0 Å². The van der Waals surface area contributed by atoms with Crippen molar-refractivity contribution in [2.45, 2.75) is 0 Å². The Morgan fingerprint density at radius 2 is 1.18 bits per heavy atom. The molecule has 0 aromatic heterocycles. The highest BCUT2D eigenvalue weighted by atomic mass is 35.5. The Labute approximate surface area is 138 Å². The van der Waals surface area contributed by atoms with Gasteiger partial charge in [-0.3, -0.25) is 9.98 Å². The van der Waals surface area contributed by atoms with Gasteiger partial charge in [-0.15, -0.1) is 0 Å². The van der Waals surface area contributed by atoms with Crippen LogP contribution in [0.3, 0.4) is 0 Å². The molecule has 2 rings (SSSR count). The van der Waals surface area contributed by atoms with Crippen molar-refractivity contribution in [2.24, 2.45) is 9.98 Å². The van der Waals surface area contributed by atoms with Gasteiger partial charge in [0.1, 0.15) is 11.5 Å². The van der Waals surface area contributed by atoms with Gasteiger partial charge in [-0.1, -0.05) is 23.2 Å². The van der Waals surface area contributed by atoms with Crippen LogP contribution in [0.25, 0.3) is 0 Å². The van der Waals surface area contributed by atoms with Gasteiger partial charge in [0.15, 0.2) is 0 Å². The monoisotopic (exact) mass is 336 g/mol. The minimum absolute atomic E-state index is 0.0887. The first-order chi connectivity index (χ1) is 10.6. The molecule has 2 aromatic carbocycles. The van der Waals surface area contributed by atoms with Crippen LogP contribution >= 0.6 is 23.2 Å². The molecule has 0 radical (unpaired) electrons. The average Bonchev–Trinajstić information content (AvgIpc) is 2.46. The summed E-state index contributed by atoms with van der Waals surface area (Å²) in [6.45, 7) is 0.930. The minimum atomic E-state index is 0.0887. The molecule has 0 aliphatic heterocycles. The molecule has 0 bridgehead atoms. The number of rotatable bonds is 5. The molecule has 0 saturated heterocycles. The van der Waals surface area contributed by atoms with E-state index in [0.29, 0.717) is 34.3 Å². The smallest absolute Gasteiger partial charge is 0.125 e. The van der Waals surface area contributed by atoms with Gasteiger partial charge >= 0.3 is 0 Å². The van der Waals surface area contributed by atoms with Crippen LogP contribution in [0.4, 0.5) is 0 Å². The summed E-state index contributed by atoms with van der Waals surface area (Å²) in [4.78, 5) is 8.35. The Kier molecular flexibility index (Phi) is 5.81. The van der Waals surface area contributed by atoms with Crippen molar-refractivity contribution >= 4 is 35.6 Å². The summed E-state index contributed by atoms with van der Waals surface area (Å²) in [6, 6.07) is 9.68. The van der Waals surface area contributed by atoms with E-state index in [-0.39, 0.29) is 11.5 Å². The Morgan fingerprint density at radius 3 is 1.55 bits per heavy atom. The fraction of sp³-hybridized carbons (Fsp3) is 0.125. The highest BCUT2D eigenvalue weighted by molar-refractivity contribution is 6.31. The second kappa shape index (κ2) is 7.82. The third-order valence-corrected chi connectivity index (χ3v) is 3.27. The summed E-state index contributed by atoms with van der Waals surface area (Å²) in [7, 11) is 0. The third kappa shape index (κ3) is 4.76. The van der Waals surface area contributed by atoms with E-state index in [2.05, 4.69) is 9.98 Å². The molecule has 0 saturated carbocycles. The van der Waals surface area contributed by atoms with Gasteiger partial charge in [-0.05, 0) is 36.4 Å². The van der Waals surface area contributed by atoms with Gasteiger partial charge in [0.05, 0.1) is 13.1 Å². The van der Waals surface area contributed by atoms with Gasteiger partial charge in [0.2, 0.25) is 0 Å². The number of benzene rings is 2. The van der Waals surface area contributed by atoms with Gasteiger partial charge in [0, 0.05) is 33.6 Å². The summed E-state index contributed by atoms with van der Waals surface area (Å²) in [6.07, 6.45) is 3.14. The summed E-state index contributed by atoms with van der Waals surface area (Å²) in [5.74, 6) is 0.177. The van der Waals surface area contributed by atoms with Crippen molar-refractivity contribution in [2.75, 3.05) is 13.1 Å². The first-order valence-electron chi connectivity index (χ1n) is 6.53. The van der Waals surface area contributed by atoms with Gasteiger partial charge in [-0.25, -0.2) is 0 Å². The number of aromatic hydroxyl groups is 2. The summed E-state index contributed by atoms with van der Waals surface area (Å²) >= 11 is 11.5. The second-order valence-electron chi connectivity index (χ2n) is 4.48. The maximum absolute atomic E-state index is 9.65. The lowest BCUT2D eigenvalue weighted by molar-refractivity contribution is 0.474. The average molecular weight is 337 g/mol. The SMILES string of the molecule is Oc1cc(Cl)ccc1C=NCCN=Cc1ccc(Cl)cc1O. The first-order valence-corrected chi connectivity index (χ1v) is 7.28. The molecule has 0 heterocycles. The van der Waals surface area contributed by atoms with Crippen LogP contribution in [0.5, 0.6) is 11.5 Å². The highest BCUT2D eigenvalue weighted by Gasteiger charge is 1.99. The molecule has 114 valence electrons. The quantitative estimate of drug-likeness (QED) is 0.641. The molecule has 0 unspecified atom stereocenters. The van der Waals surface area contributed by atoms with E-state index in [0.717, 1.165) is 0 Å². The van der Waals surface area contributed by atoms with Crippen LogP contribution in [-0.4, -0.2) is 35.7 Å². The molecule has 2 N–H and O–H groups in total. The van der Waals surface area contributed by atoms with Crippen molar-refractivity contribution in [1.29, 1.82) is 0 Å². The minimum Gasteiger partial charge on any atom is -0.507 e. The number of aliphatic imine (C=N–C) groups is 2. The van der Waals surface area contributed by atoms with Gasteiger partial charge in [-0.2, -0.15) is 0 Å². The van der Waals surface area contributed by atoms with Crippen molar-refractivity contribution < 1.29 is 10.2 Å². The van der Waals surface area contributed by atoms with E-state index < -0.39 is 0 Å². The zero-order chi connectivity index (χ0) is 15.9. The standard InChI is InChI=1S/C16H14Cl2N2O2/c17-13-3-1-11(15(21)7-13)9-19-5-6-20-10-12-2-4-14(18)8-16(12)22/h1-4,7-10,21-22H,5-6H2. The topological polar surface area (TPSA) is 65.2 Å². The predicted octanol–water partition coefficient (Wildman–Crippen LogP) is 3.94. The number of nitrogens with zero attached hydrogens (tertiary/aromatic N) is 2. The Morgan fingerprint density at radius 1 is 0.773 bits per heavy atom. The predicted molar refractivity (Wildman–Crippen MR) is 91.2 cm³/mol. The molecule has 0 aliphatic rings. The van der Waals surface area contributed by atoms with Crippen molar-refractivity contribution in [3.8, 4) is 11.5 Å². The number of halogens is 2. The van der Waals surface area contributed by atoms with E-state index in [1.165, 1.54) is 12.1 Å². The van der Waals surface area contributed by atoms with Crippen LogP contribution in [-0.2, 0) is 0 Å². The molecule has 4 nitrogen and oxygen atoms in total. The summed E-state index contributed by atoms with van der Waals surface area (Å²) in [5.41, 5.74) is 1.20. The number of phenolic OH excluding ortho intramolecular Hbond substituents is 2.